The second-order valence-corrected chi connectivity index (χ2v) is 5.94. The molecule has 0 aliphatic carbocycles. The highest BCUT2D eigenvalue weighted by atomic mass is 16.5. The second kappa shape index (κ2) is 10.9. The Morgan fingerprint density at radius 2 is 1.55 bits per heavy atom. The van der Waals surface area contributed by atoms with E-state index < -0.39 is 0 Å². The molecule has 1 saturated heterocycles. The van der Waals surface area contributed by atoms with Crippen molar-refractivity contribution < 1.29 is 9.53 Å². The van der Waals surface area contributed by atoms with Crippen molar-refractivity contribution in [2.24, 2.45) is 0 Å². The molecule has 0 atom stereocenters. The fourth-order valence-corrected chi connectivity index (χ4v) is 2.62. The van der Waals surface area contributed by atoms with Crippen LogP contribution in [0, 0.1) is 0 Å². The van der Waals surface area contributed by atoms with E-state index in [-0.39, 0.29) is 5.97 Å². The zero-order valence-corrected chi connectivity index (χ0v) is 13.2. The Morgan fingerprint density at radius 3 is 2.15 bits per heavy atom. The number of nitrogens with zero attached hydrogens (tertiary/aromatic N) is 1. The van der Waals surface area contributed by atoms with E-state index in [0.717, 1.165) is 12.8 Å². The Labute approximate surface area is 124 Å². The van der Waals surface area contributed by atoms with Crippen molar-refractivity contribution in [3.63, 3.8) is 0 Å². The fraction of sp³-hybridized carbons (Fsp3) is 0.824. The number of hydrogen-bond acceptors (Lipinski definition) is 3. The molecule has 0 N–H and O–H groups in total. The highest BCUT2D eigenvalue weighted by molar-refractivity contribution is 5.86. The van der Waals surface area contributed by atoms with Crippen LogP contribution in [-0.2, 0) is 9.53 Å². The van der Waals surface area contributed by atoms with Gasteiger partial charge in [0.25, 0.3) is 0 Å². The van der Waals surface area contributed by atoms with Crippen LogP contribution in [0.25, 0.3) is 0 Å². The molecule has 116 valence electrons. The molecule has 0 bridgehead atoms. The van der Waals surface area contributed by atoms with Crippen LogP contribution in [0.5, 0.6) is 0 Å². The Bertz CT molecular complexity index is 283. The quantitative estimate of drug-likeness (QED) is 0.326. The average Bonchev–Trinajstić information content (AvgIpc) is 2.93. The monoisotopic (exact) mass is 281 g/mol. The summed E-state index contributed by atoms with van der Waals surface area (Å²) >= 11 is 0. The Hall–Kier alpha value is -0.830. The van der Waals surface area contributed by atoms with Crippen LogP contribution in [0.3, 0.4) is 0 Å². The van der Waals surface area contributed by atoms with E-state index in [9.17, 15) is 4.79 Å². The average molecular weight is 281 g/mol. The summed E-state index contributed by atoms with van der Waals surface area (Å²) in [7, 11) is 0. The molecule has 1 rings (SSSR count). The van der Waals surface area contributed by atoms with E-state index in [4.69, 9.17) is 4.74 Å². The summed E-state index contributed by atoms with van der Waals surface area (Å²) in [4.78, 5) is 13.7. The summed E-state index contributed by atoms with van der Waals surface area (Å²) in [5, 5.41) is 0. The third-order valence-corrected chi connectivity index (χ3v) is 3.90. The van der Waals surface area contributed by atoms with Gasteiger partial charge in [-0.25, -0.2) is 4.79 Å². The first-order chi connectivity index (χ1) is 9.70. The largest absolute Gasteiger partial charge is 0.462 e. The minimum Gasteiger partial charge on any atom is -0.462 e. The number of ether oxygens (including phenoxy) is 1. The lowest BCUT2D eigenvalue weighted by atomic mass is 10.1. The van der Waals surface area contributed by atoms with Crippen LogP contribution < -0.4 is 0 Å². The minimum atomic E-state index is -0.257. The highest BCUT2D eigenvalue weighted by Crippen LogP contribution is 2.11. The predicted octanol–water partition coefficient (Wildman–Crippen LogP) is 3.93. The van der Waals surface area contributed by atoms with Gasteiger partial charge < -0.3 is 9.64 Å². The van der Waals surface area contributed by atoms with Gasteiger partial charge in [0.05, 0.1) is 6.61 Å². The summed E-state index contributed by atoms with van der Waals surface area (Å²) in [5.74, 6) is -0.257. The van der Waals surface area contributed by atoms with Crippen LogP contribution in [-0.4, -0.2) is 37.1 Å². The van der Waals surface area contributed by atoms with Gasteiger partial charge in [-0.05, 0) is 52.2 Å². The van der Waals surface area contributed by atoms with Crippen molar-refractivity contribution in [2.45, 2.75) is 64.7 Å². The van der Waals surface area contributed by atoms with Crippen LogP contribution in [0.1, 0.15) is 64.7 Å². The van der Waals surface area contributed by atoms with Crippen molar-refractivity contribution in [2.75, 3.05) is 26.2 Å². The van der Waals surface area contributed by atoms with E-state index in [1.54, 1.807) is 6.92 Å². The number of carbonyl (C=O) groups is 1. The predicted molar refractivity (Wildman–Crippen MR) is 83.8 cm³/mol. The van der Waals surface area contributed by atoms with Gasteiger partial charge >= 0.3 is 5.97 Å². The molecule has 0 radical (unpaired) electrons. The number of likely N-dealkylation sites (tertiary alicyclic amines) is 1. The molecular formula is C17H31NO2. The molecule has 1 fully saturated rings. The molecule has 1 aliphatic rings. The molecule has 0 aromatic heterocycles. The van der Waals surface area contributed by atoms with E-state index in [2.05, 4.69) is 11.5 Å². The van der Waals surface area contributed by atoms with E-state index in [0.29, 0.717) is 12.2 Å². The molecule has 0 unspecified atom stereocenters. The number of rotatable bonds is 11. The lowest BCUT2D eigenvalue weighted by molar-refractivity contribution is -0.139. The van der Waals surface area contributed by atoms with Gasteiger partial charge in [0, 0.05) is 5.57 Å². The Morgan fingerprint density at radius 1 is 1.00 bits per heavy atom. The molecular weight excluding hydrogens is 250 g/mol. The molecule has 0 aromatic carbocycles. The number of carbonyl (C=O) groups excluding carboxylic acids is 1. The molecule has 20 heavy (non-hydrogen) atoms. The van der Waals surface area contributed by atoms with Gasteiger partial charge in [0.15, 0.2) is 0 Å². The van der Waals surface area contributed by atoms with Crippen LogP contribution >= 0.6 is 0 Å². The highest BCUT2D eigenvalue weighted by Gasteiger charge is 2.09. The third kappa shape index (κ3) is 8.36. The van der Waals surface area contributed by atoms with Crippen molar-refractivity contribution >= 4 is 5.97 Å². The van der Waals surface area contributed by atoms with Crippen molar-refractivity contribution in [3.8, 4) is 0 Å². The SMILES string of the molecule is C=C(C)C(=O)OCCCCCCCCCN1CCCC1. The molecule has 0 saturated carbocycles. The van der Waals surface area contributed by atoms with Crippen LogP contribution in [0.4, 0.5) is 0 Å². The Balaban J connectivity index is 1.76. The van der Waals surface area contributed by atoms with Gasteiger partial charge in [-0.15, -0.1) is 0 Å². The fourth-order valence-electron chi connectivity index (χ4n) is 2.62. The molecule has 0 aromatic rings. The lowest BCUT2D eigenvalue weighted by Gasteiger charge is -2.13. The van der Waals surface area contributed by atoms with Crippen LogP contribution in [0.2, 0.25) is 0 Å². The second-order valence-electron chi connectivity index (χ2n) is 5.94. The molecule has 1 heterocycles. The van der Waals surface area contributed by atoms with E-state index >= 15 is 0 Å². The maximum Gasteiger partial charge on any atom is 0.333 e. The van der Waals surface area contributed by atoms with Gasteiger partial charge in [-0.3, -0.25) is 0 Å². The van der Waals surface area contributed by atoms with E-state index in [1.807, 2.05) is 0 Å². The van der Waals surface area contributed by atoms with Crippen LogP contribution in [0.15, 0.2) is 12.2 Å². The normalized spacial score (nSPS) is 15.4. The van der Waals surface area contributed by atoms with Gasteiger partial charge in [-0.1, -0.05) is 38.7 Å². The maximum atomic E-state index is 11.1. The zero-order valence-electron chi connectivity index (χ0n) is 13.2. The first-order valence-electron chi connectivity index (χ1n) is 8.25. The Kier molecular flexibility index (Phi) is 9.38. The van der Waals surface area contributed by atoms with Crippen molar-refractivity contribution in [1.82, 2.24) is 4.90 Å². The standard InChI is InChI=1S/C17H31NO2/c1-16(2)17(19)20-15-11-7-5-3-4-6-8-12-18-13-9-10-14-18/h1,3-15H2,2H3. The number of unbranched alkanes of at least 4 members (excludes halogenated alkanes) is 6. The van der Waals surface area contributed by atoms with Gasteiger partial charge in [-0.2, -0.15) is 0 Å². The summed E-state index contributed by atoms with van der Waals surface area (Å²) in [6.07, 6.45) is 11.6. The third-order valence-electron chi connectivity index (χ3n) is 3.90. The number of hydrogen-bond donors (Lipinski definition) is 0. The molecule has 0 spiro atoms. The zero-order chi connectivity index (χ0) is 14.6. The number of esters is 1. The lowest BCUT2D eigenvalue weighted by Crippen LogP contribution is -2.20. The molecule has 0 amide bonds. The minimum absolute atomic E-state index is 0.257. The molecule has 3 heteroatoms. The first-order valence-corrected chi connectivity index (χ1v) is 8.25. The smallest absolute Gasteiger partial charge is 0.333 e. The van der Waals surface area contributed by atoms with Gasteiger partial charge in [0.1, 0.15) is 0 Å². The summed E-state index contributed by atoms with van der Waals surface area (Å²) < 4.78 is 5.06. The first kappa shape index (κ1) is 17.2. The summed E-state index contributed by atoms with van der Waals surface area (Å²) in [6.45, 7) is 9.74. The maximum absolute atomic E-state index is 11.1. The summed E-state index contributed by atoms with van der Waals surface area (Å²) in [5.41, 5.74) is 0.489. The van der Waals surface area contributed by atoms with Crippen molar-refractivity contribution in [1.29, 1.82) is 0 Å². The topological polar surface area (TPSA) is 29.5 Å². The van der Waals surface area contributed by atoms with Crippen molar-refractivity contribution in [3.05, 3.63) is 12.2 Å². The molecule has 1 aliphatic heterocycles. The van der Waals surface area contributed by atoms with Gasteiger partial charge in [0.2, 0.25) is 0 Å². The van der Waals surface area contributed by atoms with E-state index in [1.165, 1.54) is 64.6 Å². The summed E-state index contributed by atoms with van der Waals surface area (Å²) in [6, 6.07) is 0. The molecule has 3 nitrogen and oxygen atoms in total.